The highest BCUT2D eigenvalue weighted by Gasteiger charge is 2.23. The van der Waals surface area contributed by atoms with Crippen LogP contribution >= 0.6 is 0 Å². The molecule has 0 saturated carbocycles. The van der Waals surface area contributed by atoms with Gasteiger partial charge in [0.2, 0.25) is 11.3 Å². The first-order valence-corrected chi connectivity index (χ1v) is 12.1. The summed E-state index contributed by atoms with van der Waals surface area (Å²) in [4.78, 5) is 35.8. The molecule has 0 aliphatic rings. The predicted molar refractivity (Wildman–Crippen MR) is 145 cm³/mol. The Labute approximate surface area is 220 Å². The van der Waals surface area contributed by atoms with Gasteiger partial charge in [-0.05, 0) is 48.4 Å². The van der Waals surface area contributed by atoms with Gasteiger partial charge in [-0.2, -0.15) is 0 Å². The topological polar surface area (TPSA) is 143 Å². The number of para-hydroxylation sites is 2. The Morgan fingerprint density at radius 3 is 1.67 bits per heavy atom. The van der Waals surface area contributed by atoms with Crippen molar-refractivity contribution < 1.29 is 4.63 Å². The minimum absolute atomic E-state index is 0.145. The zero-order valence-corrected chi connectivity index (χ0v) is 21.6. The maximum atomic E-state index is 13.5. The maximum Gasteiger partial charge on any atom is 0.295 e. The van der Waals surface area contributed by atoms with E-state index in [9.17, 15) is 9.59 Å². The summed E-state index contributed by atoms with van der Waals surface area (Å²) in [5.41, 5.74) is 3.17. The first kappa shape index (κ1) is 23.9. The third kappa shape index (κ3) is 3.87. The van der Waals surface area contributed by atoms with Gasteiger partial charge in [0.1, 0.15) is 11.4 Å². The van der Waals surface area contributed by atoms with Crippen LogP contribution in [0.15, 0.2) is 74.9 Å². The molecule has 0 aliphatic heterocycles. The molecule has 0 spiro atoms. The van der Waals surface area contributed by atoms with Crippen LogP contribution < -0.4 is 21.8 Å². The van der Waals surface area contributed by atoms with Crippen LogP contribution in [0.4, 0.5) is 23.0 Å². The van der Waals surface area contributed by atoms with E-state index in [4.69, 9.17) is 4.63 Å². The number of hydrogen-bond donors (Lipinski definition) is 2. The summed E-state index contributed by atoms with van der Waals surface area (Å²) in [6, 6.07) is 18.8. The number of rotatable bonds is 6. The number of nitrogens with one attached hydrogen (secondary N) is 2. The maximum absolute atomic E-state index is 13.5. The summed E-state index contributed by atoms with van der Waals surface area (Å²) in [5, 5.41) is 13.8. The molecule has 0 atom stereocenters. The molecule has 0 fully saturated rings. The average Bonchev–Trinajstić information content (AvgIpc) is 3.55. The Morgan fingerprint density at radius 2 is 1.13 bits per heavy atom. The van der Waals surface area contributed by atoms with Crippen molar-refractivity contribution in [2.24, 2.45) is 14.1 Å². The van der Waals surface area contributed by atoms with E-state index in [0.717, 1.165) is 5.69 Å². The lowest BCUT2D eigenvalue weighted by Gasteiger charge is -2.11. The van der Waals surface area contributed by atoms with E-state index < -0.39 is 0 Å². The van der Waals surface area contributed by atoms with Gasteiger partial charge in [0.25, 0.3) is 11.1 Å². The van der Waals surface area contributed by atoms with Crippen molar-refractivity contribution in [1.29, 1.82) is 0 Å². The van der Waals surface area contributed by atoms with Crippen LogP contribution in [-0.4, -0.2) is 39.0 Å². The third-order valence-corrected chi connectivity index (χ3v) is 6.64. The van der Waals surface area contributed by atoms with Crippen LogP contribution in [0.25, 0.3) is 22.7 Å². The molecule has 4 heterocycles. The molecule has 39 heavy (non-hydrogen) atoms. The average molecular weight is 525 g/mol. The van der Waals surface area contributed by atoms with Crippen LogP contribution in [0, 0.1) is 13.8 Å². The number of anilines is 4. The number of aromatic nitrogens is 8. The van der Waals surface area contributed by atoms with Gasteiger partial charge in [-0.25, -0.2) is 24.0 Å². The van der Waals surface area contributed by atoms with Crippen LogP contribution in [0.1, 0.15) is 11.4 Å². The summed E-state index contributed by atoms with van der Waals surface area (Å²) < 4.78 is 11.4. The van der Waals surface area contributed by atoms with Crippen molar-refractivity contribution in [1.82, 2.24) is 39.0 Å². The van der Waals surface area contributed by atoms with E-state index in [1.54, 1.807) is 28.1 Å². The van der Waals surface area contributed by atoms with E-state index in [1.807, 2.05) is 74.5 Å². The van der Waals surface area contributed by atoms with Crippen molar-refractivity contribution in [2.45, 2.75) is 13.8 Å². The molecule has 196 valence electrons. The number of nitrogens with zero attached hydrogens (tertiary/aromatic N) is 8. The number of hydrogen-bond acceptors (Lipinski definition) is 9. The zero-order chi connectivity index (χ0) is 27.3. The van der Waals surface area contributed by atoms with Gasteiger partial charge in [-0.15, -0.1) is 0 Å². The van der Waals surface area contributed by atoms with Gasteiger partial charge in [0.15, 0.2) is 11.6 Å². The molecular weight excluding hydrogens is 500 g/mol. The smallest absolute Gasteiger partial charge is 0.295 e. The second kappa shape index (κ2) is 9.13. The highest BCUT2D eigenvalue weighted by molar-refractivity contribution is 5.79. The lowest BCUT2D eigenvalue weighted by atomic mass is 10.3. The molecule has 2 aromatic carbocycles. The zero-order valence-electron chi connectivity index (χ0n) is 21.6. The van der Waals surface area contributed by atoms with E-state index >= 15 is 0 Å². The fraction of sp³-hybridized carbons (Fsp3) is 0.154. The normalized spacial score (nSPS) is 11.3. The minimum atomic E-state index is -0.283. The summed E-state index contributed by atoms with van der Waals surface area (Å²) in [5.74, 6) is 0.358. The van der Waals surface area contributed by atoms with E-state index in [0.29, 0.717) is 28.5 Å². The largest absolute Gasteiger partial charge is 0.331 e. The Balaban J connectivity index is 1.47. The molecule has 0 amide bonds. The number of fused-ring (bicyclic) bond motifs is 1. The summed E-state index contributed by atoms with van der Waals surface area (Å²) in [6.07, 6.45) is 0. The molecule has 0 unspecified atom stereocenters. The van der Waals surface area contributed by atoms with Crippen molar-refractivity contribution in [3.63, 3.8) is 0 Å². The molecule has 2 N–H and O–H groups in total. The Hall–Kier alpha value is -5.46. The standard InChI is InChI=1S/C26H24N10O3/c1-15-19(26(38)36(33(15)3)18-13-9-6-10-14-18)27-21-22(30-24-23(29-21)31-39-32-24)28-20-16(2)35(34(4)25(20)37)17-11-7-5-8-12-17/h5-14H,1-4H3,(H,27,29,31)(H,28,30,32). The van der Waals surface area contributed by atoms with Crippen molar-refractivity contribution >= 4 is 34.3 Å². The molecule has 0 bridgehead atoms. The summed E-state index contributed by atoms with van der Waals surface area (Å²) in [7, 11) is 3.48. The second-order valence-corrected chi connectivity index (χ2v) is 8.96. The Morgan fingerprint density at radius 1 is 0.641 bits per heavy atom. The highest BCUT2D eigenvalue weighted by atomic mass is 16.6. The Kier molecular flexibility index (Phi) is 5.60. The van der Waals surface area contributed by atoms with Crippen LogP contribution in [0.2, 0.25) is 0 Å². The lowest BCUT2D eigenvalue weighted by Crippen LogP contribution is -2.21. The Bertz CT molecular complexity index is 1910. The van der Waals surface area contributed by atoms with Crippen molar-refractivity contribution in [3.8, 4) is 11.4 Å². The summed E-state index contributed by atoms with van der Waals surface area (Å²) >= 11 is 0. The second-order valence-electron chi connectivity index (χ2n) is 8.96. The predicted octanol–water partition coefficient (Wildman–Crippen LogP) is 3.10. The van der Waals surface area contributed by atoms with Gasteiger partial charge in [-0.3, -0.25) is 19.0 Å². The van der Waals surface area contributed by atoms with Gasteiger partial charge in [0, 0.05) is 14.1 Å². The van der Waals surface area contributed by atoms with Crippen LogP contribution in [-0.2, 0) is 14.1 Å². The molecule has 6 rings (SSSR count). The number of benzene rings is 2. The van der Waals surface area contributed by atoms with Crippen LogP contribution in [0.5, 0.6) is 0 Å². The lowest BCUT2D eigenvalue weighted by molar-refractivity contribution is 0.314. The van der Waals surface area contributed by atoms with Gasteiger partial charge < -0.3 is 10.6 Å². The fourth-order valence-electron chi connectivity index (χ4n) is 4.58. The first-order chi connectivity index (χ1) is 18.8. The highest BCUT2D eigenvalue weighted by Crippen LogP contribution is 2.28. The van der Waals surface area contributed by atoms with Gasteiger partial charge >= 0.3 is 0 Å². The van der Waals surface area contributed by atoms with E-state index in [2.05, 4.69) is 30.9 Å². The third-order valence-electron chi connectivity index (χ3n) is 6.64. The molecule has 4 aromatic heterocycles. The van der Waals surface area contributed by atoms with E-state index in [1.165, 1.54) is 4.68 Å². The SMILES string of the molecule is Cc1c(Nc2nc3nonc3nc2Nc2c(C)n(-c3ccccc3)n(C)c2=O)c(=O)n(-c2ccccc2)n1C. The van der Waals surface area contributed by atoms with Gasteiger partial charge in [-0.1, -0.05) is 36.4 Å². The van der Waals surface area contributed by atoms with Crippen LogP contribution in [0.3, 0.4) is 0 Å². The summed E-state index contributed by atoms with van der Waals surface area (Å²) in [6.45, 7) is 3.65. The van der Waals surface area contributed by atoms with Gasteiger partial charge in [0.05, 0.1) is 22.8 Å². The molecule has 0 radical (unpaired) electrons. The van der Waals surface area contributed by atoms with Crippen molar-refractivity contribution in [2.75, 3.05) is 10.6 Å². The van der Waals surface area contributed by atoms with E-state index in [-0.39, 0.29) is 34.0 Å². The van der Waals surface area contributed by atoms with Crippen molar-refractivity contribution in [3.05, 3.63) is 92.8 Å². The first-order valence-electron chi connectivity index (χ1n) is 12.1. The minimum Gasteiger partial charge on any atom is -0.331 e. The molecule has 13 nitrogen and oxygen atoms in total. The molecular formula is C26H24N10O3. The monoisotopic (exact) mass is 524 g/mol. The molecule has 0 saturated heterocycles. The fourth-order valence-corrected chi connectivity index (χ4v) is 4.58. The molecule has 6 aromatic rings. The molecule has 13 heteroatoms. The molecule has 0 aliphatic carbocycles. The quantitative estimate of drug-likeness (QED) is 0.336.